The van der Waals surface area contributed by atoms with E-state index in [-0.39, 0.29) is 17.4 Å². The molecule has 1 heterocycles. The molecule has 1 aliphatic rings. The van der Waals surface area contributed by atoms with Crippen LogP contribution in [0.3, 0.4) is 0 Å². The Bertz CT molecular complexity index is 525. The third-order valence-corrected chi connectivity index (χ3v) is 4.07. The van der Waals surface area contributed by atoms with Gasteiger partial charge in [0.1, 0.15) is 0 Å². The number of nitrogens with two attached hydrogens (primary N) is 1. The predicted octanol–water partition coefficient (Wildman–Crippen LogP) is 1.58. The average Bonchev–Trinajstić information content (AvgIpc) is 2.99. The van der Waals surface area contributed by atoms with Gasteiger partial charge in [0.05, 0.1) is 12.6 Å². The minimum atomic E-state index is -0.741. The first-order valence-corrected chi connectivity index (χ1v) is 8.32. The first-order chi connectivity index (χ1) is 11.2. The fourth-order valence-corrected chi connectivity index (χ4v) is 2.85. The fraction of sp³-hybridized carbons (Fsp3) is 0.733. The van der Waals surface area contributed by atoms with Crippen LogP contribution in [0.1, 0.15) is 79.3 Å². The Hall–Kier alpha value is -1.96. The fourth-order valence-electron chi connectivity index (χ4n) is 2.85. The van der Waals surface area contributed by atoms with E-state index in [1.807, 2.05) is 0 Å². The summed E-state index contributed by atoms with van der Waals surface area (Å²) in [5, 5.41) is 9.25. The zero-order chi connectivity index (χ0) is 16.7. The van der Waals surface area contributed by atoms with Crippen LogP contribution in [-0.2, 0) is 4.84 Å². The van der Waals surface area contributed by atoms with Crippen LogP contribution in [0, 0.1) is 0 Å². The lowest BCUT2D eigenvalue weighted by atomic mass is 9.96. The van der Waals surface area contributed by atoms with Crippen LogP contribution < -0.4 is 10.9 Å². The number of aldehydes is 1. The molecule has 0 radical (unpaired) electrons. The van der Waals surface area contributed by atoms with Gasteiger partial charge >= 0.3 is 0 Å². The molecule has 128 valence electrons. The van der Waals surface area contributed by atoms with Crippen LogP contribution in [0.15, 0.2) is 0 Å². The molecule has 1 aromatic heterocycles. The van der Waals surface area contributed by atoms with Gasteiger partial charge in [0.25, 0.3) is 5.91 Å². The Morgan fingerprint density at radius 1 is 1.39 bits per heavy atom. The molecule has 0 aliphatic heterocycles. The van der Waals surface area contributed by atoms with Crippen molar-refractivity contribution in [3.8, 4) is 0 Å². The van der Waals surface area contributed by atoms with Gasteiger partial charge in [0.15, 0.2) is 17.7 Å². The van der Waals surface area contributed by atoms with Gasteiger partial charge in [-0.1, -0.05) is 39.0 Å². The molecule has 0 saturated heterocycles. The number of carbonyl (C=O) groups is 2. The SMILES string of the molecule is CCCCCON(C1CCCCC1)n1nnc(C=O)c1C(N)=O. The molecule has 2 N–H and O–H groups in total. The van der Waals surface area contributed by atoms with E-state index in [4.69, 9.17) is 10.6 Å². The number of primary amides is 1. The summed E-state index contributed by atoms with van der Waals surface area (Å²) in [7, 11) is 0. The lowest BCUT2D eigenvalue weighted by Gasteiger charge is -2.34. The molecule has 8 nitrogen and oxygen atoms in total. The van der Waals surface area contributed by atoms with E-state index in [2.05, 4.69) is 17.2 Å². The van der Waals surface area contributed by atoms with Crippen molar-refractivity contribution in [2.45, 2.75) is 64.3 Å². The number of amides is 1. The highest BCUT2D eigenvalue weighted by Crippen LogP contribution is 2.23. The molecule has 0 atom stereocenters. The molecule has 2 rings (SSSR count). The molecule has 1 aromatic rings. The number of aromatic nitrogens is 3. The molecule has 0 unspecified atom stereocenters. The molecule has 8 heteroatoms. The highest BCUT2D eigenvalue weighted by Gasteiger charge is 2.28. The van der Waals surface area contributed by atoms with Crippen molar-refractivity contribution in [3.63, 3.8) is 0 Å². The maximum absolute atomic E-state index is 11.7. The van der Waals surface area contributed by atoms with E-state index < -0.39 is 5.91 Å². The van der Waals surface area contributed by atoms with Gasteiger partial charge in [0.2, 0.25) is 0 Å². The summed E-state index contributed by atoms with van der Waals surface area (Å²) in [6.07, 6.45) is 8.85. The van der Waals surface area contributed by atoms with E-state index in [1.165, 1.54) is 11.2 Å². The van der Waals surface area contributed by atoms with Crippen molar-refractivity contribution in [3.05, 3.63) is 11.4 Å². The predicted molar refractivity (Wildman–Crippen MR) is 84.5 cm³/mol. The lowest BCUT2D eigenvalue weighted by molar-refractivity contribution is 0.0112. The van der Waals surface area contributed by atoms with E-state index >= 15 is 0 Å². The lowest BCUT2D eigenvalue weighted by Crippen LogP contribution is -2.47. The second-order valence-corrected chi connectivity index (χ2v) is 5.83. The van der Waals surface area contributed by atoms with Crippen molar-refractivity contribution in [2.75, 3.05) is 11.8 Å². The third-order valence-electron chi connectivity index (χ3n) is 4.07. The summed E-state index contributed by atoms with van der Waals surface area (Å²) in [5.41, 5.74) is 5.31. The quantitative estimate of drug-likeness (QED) is 0.420. The van der Waals surface area contributed by atoms with E-state index in [9.17, 15) is 9.59 Å². The van der Waals surface area contributed by atoms with E-state index in [0.29, 0.717) is 12.9 Å². The number of hydrogen-bond acceptors (Lipinski definition) is 6. The first kappa shape index (κ1) is 17.4. The minimum absolute atomic E-state index is 0.0268. The standard InChI is InChI=1S/C15H25N5O3/c1-2-3-7-10-23-20(12-8-5-4-6-9-12)19-14(15(16)22)13(11-21)17-18-19/h11-12H,2-10H2,1H3,(H2,16,22). The Balaban J connectivity index is 2.23. The second kappa shape index (κ2) is 8.61. The molecular weight excluding hydrogens is 298 g/mol. The van der Waals surface area contributed by atoms with Gasteiger partial charge in [0, 0.05) is 0 Å². The first-order valence-electron chi connectivity index (χ1n) is 8.32. The highest BCUT2D eigenvalue weighted by molar-refractivity contribution is 5.97. The highest BCUT2D eigenvalue weighted by atomic mass is 16.7. The second-order valence-electron chi connectivity index (χ2n) is 5.83. The maximum Gasteiger partial charge on any atom is 0.271 e. The van der Waals surface area contributed by atoms with Crippen molar-refractivity contribution in [1.29, 1.82) is 0 Å². The smallest absolute Gasteiger partial charge is 0.271 e. The van der Waals surface area contributed by atoms with Gasteiger partial charge in [-0.25, -0.2) is 0 Å². The summed E-state index contributed by atoms with van der Waals surface area (Å²) in [6, 6.07) is 0.102. The number of carbonyl (C=O) groups excluding carboxylic acids is 2. The van der Waals surface area contributed by atoms with Gasteiger partial charge < -0.3 is 5.73 Å². The summed E-state index contributed by atoms with van der Waals surface area (Å²) in [5.74, 6) is -0.741. The molecule has 0 bridgehead atoms. The van der Waals surface area contributed by atoms with E-state index in [0.717, 1.165) is 44.9 Å². The Morgan fingerprint density at radius 2 is 2.13 bits per heavy atom. The molecule has 1 aliphatic carbocycles. The monoisotopic (exact) mass is 323 g/mol. The number of nitrogens with zero attached hydrogens (tertiary/aromatic N) is 4. The Morgan fingerprint density at radius 3 is 2.74 bits per heavy atom. The molecule has 0 aromatic carbocycles. The third kappa shape index (κ3) is 4.28. The number of hydroxylamine groups is 1. The number of unbranched alkanes of at least 4 members (excludes halogenated alkanes) is 2. The topological polar surface area (TPSA) is 103 Å². The number of rotatable bonds is 9. The zero-order valence-electron chi connectivity index (χ0n) is 13.6. The largest absolute Gasteiger partial charge is 0.364 e. The summed E-state index contributed by atoms with van der Waals surface area (Å²) in [4.78, 5) is 29.9. The van der Waals surface area contributed by atoms with Crippen LogP contribution in [0.4, 0.5) is 0 Å². The van der Waals surface area contributed by atoms with Gasteiger partial charge in [-0.05, 0) is 24.5 Å². The molecule has 1 amide bonds. The molecule has 0 spiro atoms. The molecule has 23 heavy (non-hydrogen) atoms. The summed E-state index contributed by atoms with van der Waals surface area (Å²) >= 11 is 0. The van der Waals surface area contributed by atoms with Crippen LogP contribution >= 0.6 is 0 Å². The van der Waals surface area contributed by atoms with Gasteiger partial charge in [-0.3, -0.25) is 14.4 Å². The summed E-state index contributed by atoms with van der Waals surface area (Å²) in [6.45, 7) is 2.65. The maximum atomic E-state index is 11.7. The Labute approximate surface area is 135 Å². The van der Waals surface area contributed by atoms with Crippen molar-refractivity contribution < 1.29 is 14.4 Å². The van der Waals surface area contributed by atoms with Crippen LogP contribution in [0.5, 0.6) is 0 Å². The average molecular weight is 323 g/mol. The van der Waals surface area contributed by atoms with Crippen LogP contribution in [-0.4, -0.2) is 39.9 Å². The molecule has 1 saturated carbocycles. The van der Waals surface area contributed by atoms with Crippen molar-refractivity contribution >= 4 is 12.2 Å². The normalized spacial score (nSPS) is 15.5. The number of hydrogen-bond donors (Lipinski definition) is 1. The van der Waals surface area contributed by atoms with Crippen LogP contribution in [0.2, 0.25) is 0 Å². The van der Waals surface area contributed by atoms with Crippen molar-refractivity contribution in [2.24, 2.45) is 5.73 Å². The Kier molecular flexibility index (Phi) is 6.52. The van der Waals surface area contributed by atoms with Gasteiger partial charge in [-0.15, -0.1) is 9.89 Å². The molecular formula is C15H25N5O3. The van der Waals surface area contributed by atoms with E-state index in [1.54, 1.807) is 5.17 Å². The zero-order valence-corrected chi connectivity index (χ0v) is 13.6. The van der Waals surface area contributed by atoms with Crippen molar-refractivity contribution in [1.82, 2.24) is 15.1 Å². The molecule has 1 fully saturated rings. The summed E-state index contributed by atoms with van der Waals surface area (Å²) < 4.78 is 0. The van der Waals surface area contributed by atoms with Crippen LogP contribution in [0.25, 0.3) is 0 Å². The minimum Gasteiger partial charge on any atom is -0.364 e. The van der Waals surface area contributed by atoms with Gasteiger partial charge in [-0.2, -0.15) is 5.17 Å².